The van der Waals surface area contributed by atoms with Gasteiger partial charge in [-0.1, -0.05) is 6.07 Å². The number of pyridine rings is 1. The lowest BCUT2D eigenvalue weighted by Crippen LogP contribution is -2.21. The van der Waals surface area contributed by atoms with Crippen LogP contribution in [0.15, 0.2) is 84.2 Å². The second-order valence-corrected chi connectivity index (χ2v) is 6.38. The minimum Gasteiger partial charge on any atom is -0.457 e. The largest absolute Gasteiger partial charge is 0.457 e. The number of carbonyl (C=O) groups excluding carboxylic acids is 1. The average molecular weight is 402 g/mol. The van der Waals surface area contributed by atoms with Gasteiger partial charge in [-0.3, -0.25) is 9.55 Å². The lowest BCUT2D eigenvalue weighted by molar-refractivity contribution is 0.262. The first kappa shape index (κ1) is 18.9. The zero-order valence-electron chi connectivity index (χ0n) is 16.0. The van der Waals surface area contributed by atoms with Crippen molar-refractivity contribution in [1.82, 2.24) is 19.3 Å². The van der Waals surface area contributed by atoms with E-state index in [0.717, 1.165) is 0 Å². The van der Waals surface area contributed by atoms with Gasteiger partial charge in [-0.25, -0.2) is 9.59 Å². The SMILES string of the molecule is Cn1cnn(-c2ccc(NC(=O)Nc3cccc(Oc4ccncc4)c3)cc2)c1=O. The summed E-state index contributed by atoms with van der Waals surface area (Å²) in [6.45, 7) is 0. The zero-order chi connectivity index (χ0) is 20.9. The number of ether oxygens (including phenoxy) is 1. The number of anilines is 2. The number of hydrogen-bond donors (Lipinski definition) is 2. The lowest BCUT2D eigenvalue weighted by Gasteiger charge is -2.10. The molecule has 2 N–H and O–H groups in total. The van der Waals surface area contributed by atoms with Gasteiger partial charge in [-0.15, -0.1) is 0 Å². The summed E-state index contributed by atoms with van der Waals surface area (Å²) in [5.41, 5.74) is 1.51. The van der Waals surface area contributed by atoms with E-state index in [2.05, 4.69) is 20.7 Å². The van der Waals surface area contributed by atoms with Gasteiger partial charge in [0.1, 0.15) is 17.8 Å². The number of urea groups is 1. The highest BCUT2D eigenvalue weighted by molar-refractivity contribution is 5.99. The van der Waals surface area contributed by atoms with Crippen LogP contribution >= 0.6 is 0 Å². The number of rotatable bonds is 5. The van der Waals surface area contributed by atoms with Crippen molar-refractivity contribution in [2.45, 2.75) is 0 Å². The van der Waals surface area contributed by atoms with E-state index in [4.69, 9.17) is 4.74 Å². The Balaban J connectivity index is 1.39. The third kappa shape index (κ3) is 4.36. The summed E-state index contributed by atoms with van der Waals surface area (Å²) in [5.74, 6) is 1.24. The van der Waals surface area contributed by atoms with Crippen LogP contribution in [0.25, 0.3) is 5.69 Å². The summed E-state index contributed by atoms with van der Waals surface area (Å²) in [4.78, 5) is 28.2. The molecule has 0 saturated heterocycles. The van der Waals surface area contributed by atoms with Crippen LogP contribution in [0.4, 0.5) is 16.2 Å². The quantitative estimate of drug-likeness (QED) is 0.533. The van der Waals surface area contributed by atoms with Crippen molar-refractivity contribution in [2.24, 2.45) is 7.05 Å². The average Bonchev–Trinajstić information content (AvgIpc) is 3.08. The van der Waals surface area contributed by atoms with E-state index in [1.165, 1.54) is 15.6 Å². The molecule has 0 radical (unpaired) electrons. The van der Waals surface area contributed by atoms with Crippen molar-refractivity contribution in [3.63, 3.8) is 0 Å². The van der Waals surface area contributed by atoms with E-state index in [0.29, 0.717) is 28.6 Å². The van der Waals surface area contributed by atoms with Crippen LogP contribution in [0.2, 0.25) is 0 Å². The highest BCUT2D eigenvalue weighted by Crippen LogP contribution is 2.23. The normalized spacial score (nSPS) is 10.4. The Bertz CT molecular complexity index is 1220. The number of benzene rings is 2. The minimum absolute atomic E-state index is 0.248. The fourth-order valence-electron chi connectivity index (χ4n) is 2.71. The van der Waals surface area contributed by atoms with Crippen molar-refractivity contribution >= 4 is 17.4 Å². The predicted octanol–water partition coefficient (Wildman–Crippen LogP) is 3.40. The lowest BCUT2D eigenvalue weighted by atomic mass is 10.3. The second kappa shape index (κ2) is 8.31. The molecular formula is C21H18N6O3. The maximum atomic E-state index is 12.3. The molecule has 9 nitrogen and oxygen atoms in total. The van der Waals surface area contributed by atoms with Gasteiger partial charge in [-0.2, -0.15) is 9.78 Å². The summed E-state index contributed by atoms with van der Waals surface area (Å²) in [5, 5.41) is 9.53. The maximum absolute atomic E-state index is 12.3. The molecule has 2 amide bonds. The van der Waals surface area contributed by atoms with Gasteiger partial charge >= 0.3 is 11.7 Å². The fourth-order valence-corrected chi connectivity index (χ4v) is 2.71. The van der Waals surface area contributed by atoms with Crippen LogP contribution in [-0.2, 0) is 7.05 Å². The van der Waals surface area contributed by atoms with E-state index < -0.39 is 6.03 Å². The van der Waals surface area contributed by atoms with Crippen molar-refractivity contribution < 1.29 is 9.53 Å². The number of aromatic nitrogens is 4. The Hall–Kier alpha value is -4.40. The molecule has 4 rings (SSSR count). The van der Waals surface area contributed by atoms with E-state index in [9.17, 15) is 9.59 Å². The van der Waals surface area contributed by atoms with Crippen LogP contribution in [0, 0.1) is 0 Å². The molecule has 0 bridgehead atoms. The number of carbonyl (C=O) groups is 1. The first-order chi connectivity index (χ1) is 14.6. The van der Waals surface area contributed by atoms with Gasteiger partial charge < -0.3 is 15.4 Å². The number of amides is 2. The Kier molecular flexibility index (Phi) is 5.25. The molecule has 2 aromatic carbocycles. The fraction of sp³-hybridized carbons (Fsp3) is 0.0476. The molecule has 2 heterocycles. The summed E-state index contributed by atoms with van der Waals surface area (Å²) < 4.78 is 8.40. The molecule has 0 fully saturated rings. The molecule has 30 heavy (non-hydrogen) atoms. The highest BCUT2D eigenvalue weighted by Gasteiger charge is 2.07. The maximum Gasteiger partial charge on any atom is 0.350 e. The first-order valence-corrected chi connectivity index (χ1v) is 9.05. The Morgan fingerprint density at radius 3 is 2.37 bits per heavy atom. The van der Waals surface area contributed by atoms with Gasteiger partial charge in [-0.05, 0) is 48.5 Å². The molecule has 0 aliphatic carbocycles. The smallest absolute Gasteiger partial charge is 0.350 e. The van der Waals surface area contributed by atoms with Crippen LogP contribution in [0.1, 0.15) is 0 Å². The molecule has 0 saturated carbocycles. The van der Waals surface area contributed by atoms with E-state index >= 15 is 0 Å². The van der Waals surface area contributed by atoms with Crippen molar-refractivity contribution in [3.05, 3.63) is 89.9 Å². The van der Waals surface area contributed by atoms with Crippen LogP contribution in [-0.4, -0.2) is 25.4 Å². The standard InChI is InChI=1S/C21H18N6O3/c1-26-14-23-27(21(26)29)17-7-5-15(6-8-17)24-20(28)25-16-3-2-4-19(13-16)30-18-9-11-22-12-10-18/h2-14H,1H3,(H2,24,25,28). The summed E-state index contributed by atoms with van der Waals surface area (Å²) >= 11 is 0. The van der Waals surface area contributed by atoms with Crippen LogP contribution in [0.5, 0.6) is 11.5 Å². The summed E-state index contributed by atoms with van der Waals surface area (Å²) in [6, 6.07) is 16.9. The van der Waals surface area contributed by atoms with Gasteiger partial charge in [0.25, 0.3) is 0 Å². The molecule has 150 valence electrons. The number of aryl methyl sites for hydroxylation is 1. The monoisotopic (exact) mass is 402 g/mol. The molecule has 9 heteroatoms. The van der Waals surface area contributed by atoms with E-state index in [1.807, 2.05) is 0 Å². The molecule has 0 spiro atoms. The molecule has 0 aliphatic rings. The van der Waals surface area contributed by atoms with Gasteiger partial charge in [0, 0.05) is 36.9 Å². The van der Waals surface area contributed by atoms with Crippen LogP contribution < -0.4 is 21.1 Å². The highest BCUT2D eigenvalue weighted by atomic mass is 16.5. The third-order valence-corrected chi connectivity index (χ3v) is 4.17. The van der Waals surface area contributed by atoms with Crippen molar-refractivity contribution in [1.29, 1.82) is 0 Å². The molecule has 0 aliphatic heterocycles. The number of nitrogens with zero attached hydrogens (tertiary/aromatic N) is 4. The third-order valence-electron chi connectivity index (χ3n) is 4.17. The summed E-state index contributed by atoms with van der Waals surface area (Å²) in [6.07, 6.45) is 4.72. The molecule has 0 atom stereocenters. The van der Waals surface area contributed by atoms with Gasteiger partial charge in [0.05, 0.1) is 5.69 Å². The molecular weight excluding hydrogens is 384 g/mol. The Morgan fingerprint density at radius 1 is 0.933 bits per heavy atom. The van der Waals surface area contributed by atoms with Crippen LogP contribution in [0.3, 0.4) is 0 Å². The predicted molar refractivity (Wildman–Crippen MR) is 112 cm³/mol. The molecule has 2 aromatic heterocycles. The minimum atomic E-state index is -0.404. The second-order valence-electron chi connectivity index (χ2n) is 6.38. The van der Waals surface area contributed by atoms with Crippen molar-refractivity contribution in [3.8, 4) is 17.2 Å². The van der Waals surface area contributed by atoms with E-state index in [-0.39, 0.29) is 5.69 Å². The van der Waals surface area contributed by atoms with Gasteiger partial charge in [0.2, 0.25) is 0 Å². The number of hydrogen-bond acceptors (Lipinski definition) is 5. The van der Waals surface area contributed by atoms with E-state index in [1.54, 1.807) is 80.1 Å². The Morgan fingerprint density at radius 2 is 1.67 bits per heavy atom. The zero-order valence-corrected chi connectivity index (χ0v) is 16.0. The molecule has 0 unspecified atom stereocenters. The number of nitrogens with one attached hydrogen (secondary N) is 2. The van der Waals surface area contributed by atoms with Crippen molar-refractivity contribution in [2.75, 3.05) is 10.6 Å². The topological polar surface area (TPSA) is 103 Å². The Labute approximate surface area is 171 Å². The first-order valence-electron chi connectivity index (χ1n) is 9.05. The molecule has 4 aromatic rings. The summed E-state index contributed by atoms with van der Waals surface area (Å²) in [7, 11) is 1.63. The van der Waals surface area contributed by atoms with Gasteiger partial charge in [0.15, 0.2) is 0 Å².